The van der Waals surface area contributed by atoms with Gasteiger partial charge in [-0.3, -0.25) is 10.1 Å². The number of ether oxygens (including phenoxy) is 1. The monoisotopic (exact) mass is 385 g/mol. The third-order valence-electron chi connectivity index (χ3n) is 3.63. The Morgan fingerprint density at radius 1 is 1.26 bits per heavy atom. The van der Waals surface area contributed by atoms with Gasteiger partial charge in [0.25, 0.3) is 5.91 Å². The van der Waals surface area contributed by atoms with Crippen LogP contribution in [0.1, 0.15) is 12.5 Å². The lowest BCUT2D eigenvalue weighted by Gasteiger charge is -2.14. The molecule has 0 aliphatic carbocycles. The van der Waals surface area contributed by atoms with Gasteiger partial charge in [0.05, 0.1) is 11.3 Å². The quantitative estimate of drug-likeness (QED) is 0.708. The minimum atomic E-state index is -0.968. The molecule has 2 aromatic carbocycles. The number of para-hydroxylation sites is 1. The van der Waals surface area contributed by atoms with Gasteiger partial charge in [0.1, 0.15) is 11.8 Å². The first-order valence-corrected chi connectivity index (χ1v) is 8.73. The summed E-state index contributed by atoms with van der Waals surface area (Å²) in [5, 5.41) is 13.6. The summed E-state index contributed by atoms with van der Waals surface area (Å²) >= 11 is 1.15. The number of nitriles is 1. The van der Waals surface area contributed by atoms with Gasteiger partial charge in [-0.2, -0.15) is 5.26 Å². The number of thiazole rings is 1. The van der Waals surface area contributed by atoms with Gasteiger partial charge in [0.15, 0.2) is 22.9 Å². The topological polar surface area (TPSA) is 75.0 Å². The summed E-state index contributed by atoms with van der Waals surface area (Å²) in [6, 6.07) is 12.1. The van der Waals surface area contributed by atoms with Crippen LogP contribution >= 0.6 is 11.3 Å². The van der Waals surface area contributed by atoms with E-state index in [0.717, 1.165) is 23.5 Å². The number of rotatable bonds is 5. The molecule has 0 bridgehead atoms. The molecule has 0 saturated carbocycles. The van der Waals surface area contributed by atoms with Crippen LogP contribution in [0.5, 0.6) is 5.75 Å². The molecular formula is C19H13F2N3O2S. The standard InChI is InChI=1S/C19H13F2N3O2S/c1-11(26-17-5-3-2-4-13(17)9-22)18(25)24-19-23-16(10-27-19)12-6-7-14(20)15(21)8-12/h2-8,10-11H,1H3,(H,23,24,25)/t11-/m1/s1. The summed E-state index contributed by atoms with van der Waals surface area (Å²) in [7, 11) is 0. The van der Waals surface area contributed by atoms with Crippen molar-refractivity contribution in [3.05, 3.63) is 65.0 Å². The fraction of sp³-hybridized carbons (Fsp3) is 0.105. The lowest BCUT2D eigenvalue weighted by molar-refractivity contribution is -0.122. The zero-order valence-corrected chi connectivity index (χ0v) is 14.9. The first-order chi connectivity index (χ1) is 13.0. The molecule has 0 unspecified atom stereocenters. The molecule has 1 N–H and O–H groups in total. The normalized spacial score (nSPS) is 11.5. The molecule has 0 aliphatic rings. The molecule has 3 aromatic rings. The zero-order chi connectivity index (χ0) is 19.4. The Bertz CT molecular complexity index is 1030. The molecule has 0 aliphatic heterocycles. The molecule has 1 heterocycles. The van der Waals surface area contributed by atoms with Crippen molar-refractivity contribution >= 4 is 22.4 Å². The Balaban J connectivity index is 1.68. The van der Waals surface area contributed by atoms with Crippen molar-refractivity contribution < 1.29 is 18.3 Å². The second kappa shape index (κ2) is 7.93. The molecule has 0 spiro atoms. The van der Waals surface area contributed by atoms with E-state index in [4.69, 9.17) is 10.00 Å². The van der Waals surface area contributed by atoms with Gasteiger partial charge < -0.3 is 4.74 Å². The molecule has 0 saturated heterocycles. The Labute approximate surface area is 157 Å². The minimum Gasteiger partial charge on any atom is -0.480 e. The molecule has 0 radical (unpaired) electrons. The smallest absolute Gasteiger partial charge is 0.266 e. The van der Waals surface area contributed by atoms with Crippen molar-refractivity contribution in [2.75, 3.05) is 5.32 Å². The Hall–Kier alpha value is -3.31. The van der Waals surface area contributed by atoms with E-state index in [9.17, 15) is 13.6 Å². The van der Waals surface area contributed by atoms with E-state index in [2.05, 4.69) is 10.3 Å². The highest BCUT2D eigenvalue weighted by Crippen LogP contribution is 2.26. The fourth-order valence-electron chi connectivity index (χ4n) is 2.23. The fourth-order valence-corrected chi connectivity index (χ4v) is 2.95. The number of carbonyl (C=O) groups excluding carboxylic acids is 1. The maximum absolute atomic E-state index is 13.3. The number of halogens is 2. The van der Waals surface area contributed by atoms with Gasteiger partial charge in [-0.15, -0.1) is 11.3 Å². The number of carbonyl (C=O) groups is 1. The number of aromatic nitrogens is 1. The number of benzene rings is 2. The van der Waals surface area contributed by atoms with E-state index < -0.39 is 23.6 Å². The van der Waals surface area contributed by atoms with Gasteiger partial charge in [0.2, 0.25) is 0 Å². The summed E-state index contributed by atoms with van der Waals surface area (Å²) < 4.78 is 31.9. The van der Waals surface area contributed by atoms with Gasteiger partial charge in [0, 0.05) is 10.9 Å². The Kier molecular flexibility index (Phi) is 5.43. The average molecular weight is 385 g/mol. The number of amides is 1. The Morgan fingerprint density at radius 3 is 2.78 bits per heavy atom. The molecule has 5 nitrogen and oxygen atoms in total. The summed E-state index contributed by atoms with van der Waals surface area (Å²) in [6.45, 7) is 1.55. The third kappa shape index (κ3) is 4.27. The highest BCUT2D eigenvalue weighted by molar-refractivity contribution is 7.14. The molecule has 27 heavy (non-hydrogen) atoms. The predicted molar refractivity (Wildman–Crippen MR) is 97.3 cm³/mol. The van der Waals surface area contributed by atoms with Crippen molar-refractivity contribution in [3.63, 3.8) is 0 Å². The van der Waals surface area contributed by atoms with Crippen LogP contribution in [-0.4, -0.2) is 17.0 Å². The van der Waals surface area contributed by atoms with E-state index >= 15 is 0 Å². The van der Waals surface area contributed by atoms with Crippen LogP contribution in [0.15, 0.2) is 47.8 Å². The maximum Gasteiger partial charge on any atom is 0.266 e. The minimum absolute atomic E-state index is 0.295. The van der Waals surface area contributed by atoms with Crippen LogP contribution in [0, 0.1) is 23.0 Å². The summed E-state index contributed by atoms with van der Waals surface area (Å²) in [5.74, 6) is -2.05. The number of hydrogen-bond acceptors (Lipinski definition) is 5. The first kappa shape index (κ1) is 18.5. The van der Waals surface area contributed by atoms with Crippen molar-refractivity contribution in [3.8, 4) is 23.1 Å². The molecule has 136 valence electrons. The largest absolute Gasteiger partial charge is 0.480 e. The number of anilines is 1. The van der Waals surface area contributed by atoms with Crippen LogP contribution in [0.3, 0.4) is 0 Å². The summed E-state index contributed by atoms with van der Waals surface area (Å²) in [5.41, 5.74) is 1.14. The Morgan fingerprint density at radius 2 is 2.04 bits per heavy atom. The van der Waals surface area contributed by atoms with E-state index in [-0.39, 0.29) is 0 Å². The third-order valence-corrected chi connectivity index (χ3v) is 4.39. The van der Waals surface area contributed by atoms with Gasteiger partial charge in [-0.25, -0.2) is 13.8 Å². The highest BCUT2D eigenvalue weighted by Gasteiger charge is 2.18. The second-order valence-electron chi connectivity index (χ2n) is 5.52. The van der Waals surface area contributed by atoms with Crippen LogP contribution in [0.2, 0.25) is 0 Å². The van der Waals surface area contributed by atoms with E-state index in [1.165, 1.54) is 6.07 Å². The zero-order valence-electron chi connectivity index (χ0n) is 14.1. The van der Waals surface area contributed by atoms with Crippen LogP contribution in [-0.2, 0) is 4.79 Å². The van der Waals surface area contributed by atoms with Crippen molar-refractivity contribution in [1.82, 2.24) is 4.98 Å². The SMILES string of the molecule is C[C@@H](Oc1ccccc1C#N)C(=O)Nc1nc(-c2ccc(F)c(F)c2)cs1. The molecule has 1 atom stereocenters. The molecule has 8 heteroatoms. The van der Waals surface area contributed by atoms with Gasteiger partial charge in [-0.1, -0.05) is 12.1 Å². The number of nitrogens with zero attached hydrogens (tertiary/aromatic N) is 2. The summed E-state index contributed by atoms with van der Waals surface area (Å²) in [4.78, 5) is 16.5. The number of hydrogen-bond donors (Lipinski definition) is 1. The van der Waals surface area contributed by atoms with E-state index in [1.54, 1.807) is 36.6 Å². The van der Waals surface area contributed by atoms with Crippen molar-refractivity contribution in [2.24, 2.45) is 0 Å². The van der Waals surface area contributed by atoms with Crippen LogP contribution < -0.4 is 10.1 Å². The highest BCUT2D eigenvalue weighted by atomic mass is 32.1. The van der Waals surface area contributed by atoms with Gasteiger partial charge in [-0.05, 0) is 37.3 Å². The first-order valence-electron chi connectivity index (χ1n) is 7.85. The van der Waals surface area contributed by atoms with Crippen LogP contribution in [0.4, 0.5) is 13.9 Å². The number of nitrogens with one attached hydrogen (secondary N) is 1. The lowest BCUT2D eigenvalue weighted by atomic mass is 10.2. The molecule has 1 amide bonds. The molecule has 0 fully saturated rings. The molecule has 3 rings (SSSR count). The second-order valence-corrected chi connectivity index (χ2v) is 6.38. The average Bonchev–Trinajstić information content (AvgIpc) is 3.12. The van der Waals surface area contributed by atoms with Crippen molar-refractivity contribution in [2.45, 2.75) is 13.0 Å². The van der Waals surface area contributed by atoms with Crippen LogP contribution in [0.25, 0.3) is 11.3 Å². The lowest BCUT2D eigenvalue weighted by Crippen LogP contribution is -2.30. The van der Waals surface area contributed by atoms with Crippen molar-refractivity contribution in [1.29, 1.82) is 5.26 Å². The maximum atomic E-state index is 13.3. The summed E-state index contributed by atoms with van der Waals surface area (Å²) in [6.07, 6.45) is -0.866. The molecule has 1 aromatic heterocycles. The predicted octanol–water partition coefficient (Wildman–Crippen LogP) is 4.37. The van der Waals surface area contributed by atoms with E-state index in [1.807, 2.05) is 6.07 Å². The van der Waals surface area contributed by atoms with E-state index in [0.29, 0.717) is 27.7 Å². The van der Waals surface area contributed by atoms with Gasteiger partial charge >= 0.3 is 0 Å². The molecular weight excluding hydrogens is 372 g/mol.